The maximum absolute atomic E-state index is 12.8. The molecule has 0 aliphatic carbocycles. The molecule has 31 heavy (non-hydrogen) atoms. The van der Waals surface area contributed by atoms with E-state index in [4.69, 9.17) is 9.47 Å². The number of aryl methyl sites for hydroxylation is 1. The van der Waals surface area contributed by atoms with Crippen LogP contribution in [-0.2, 0) is 12.8 Å². The highest BCUT2D eigenvalue weighted by Gasteiger charge is 2.30. The Labute approximate surface area is 179 Å². The quantitative estimate of drug-likeness (QED) is 0.580. The molecule has 1 aliphatic heterocycles. The van der Waals surface area contributed by atoms with Crippen molar-refractivity contribution >= 4 is 0 Å². The monoisotopic (exact) mass is 423 g/mol. The van der Waals surface area contributed by atoms with Gasteiger partial charge in [0, 0.05) is 6.54 Å². The highest BCUT2D eigenvalue weighted by molar-refractivity contribution is 5.53. The molecule has 0 saturated heterocycles. The van der Waals surface area contributed by atoms with Crippen molar-refractivity contribution < 1.29 is 14.6 Å². The number of aromatic amines is 1. The third kappa shape index (κ3) is 3.59. The molecule has 2 heterocycles. The first kappa shape index (κ1) is 20.7. The minimum atomic E-state index is -0.696. The van der Waals surface area contributed by atoms with Crippen LogP contribution < -0.4 is 26.0 Å². The van der Waals surface area contributed by atoms with Gasteiger partial charge < -0.3 is 19.9 Å². The first-order valence-electron chi connectivity index (χ1n) is 10.1. The number of nitrogens with one attached hydrogen (secondary N) is 2. The van der Waals surface area contributed by atoms with E-state index in [0.717, 1.165) is 34.1 Å². The van der Waals surface area contributed by atoms with Crippen LogP contribution in [0.1, 0.15) is 35.2 Å². The lowest BCUT2D eigenvalue weighted by Gasteiger charge is -2.28. The first-order valence-corrected chi connectivity index (χ1v) is 10.1. The number of rotatable bonds is 5. The predicted molar refractivity (Wildman–Crippen MR) is 117 cm³/mol. The fourth-order valence-electron chi connectivity index (χ4n) is 4.06. The Morgan fingerprint density at radius 3 is 2.42 bits per heavy atom. The molecule has 8 heteroatoms. The molecule has 1 aliphatic rings. The molecule has 0 radical (unpaired) electrons. The van der Waals surface area contributed by atoms with Gasteiger partial charge in [-0.1, -0.05) is 19.1 Å². The summed E-state index contributed by atoms with van der Waals surface area (Å²) in [6, 6.07) is 10.3. The van der Waals surface area contributed by atoms with Gasteiger partial charge in [-0.05, 0) is 53.8 Å². The second kappa shape index (κ2) is 8.31. The summed E-state index contributed by atoms with van der Waals surface area (Å²) < 4.78 is 11.9. The first-order chi connectivity index (χ1) is 15.0. The lowest BCUT2D eigenvalue weighted by molar-refractivity contribution is 0.352. The maximum Gasteiger partial charge on any atom is 0.335 e. The molecule has 1 atom stereocenters. The summed E-state index contributed by atoms with van der Waals surface area (Å²) in [6.45, 7) is 2.63. The molecule has 0 saturated carbocycles. The van der Waals surface area contributed by atoms with Crippen molar-refractivity contribution in [3.05, 3.63) is 79.5 Å². The second-order valence-corrected chi connectivity index (χ2v) is 7.40. The van der Waals surface area contributed by atoms with Crippen molar-refractivity contribution in [3.63, 3.8) is 0 Å². The van der Waals surface area contributed by atoms with E-state index in [0.29, 0.717) is 23.7 Å². The van der Waals surface area contributed by atoms with Crippen molar-refractivity contribution in [1.29, 1.82) is 0 Å². The largest absolute Gasteiger partial charge is 0.494 e. The number of hydrogen-bond acceptors (Lipinski definition) is 6. The molecule has 3 aromatic rings. The van der Waals surface area contributed by atoms with Crippen molar-refractivity contribution in [2.45, 2.75) is 25.8 Å². The van der Waals surface area contributed by atoms with Gasteiger partial charge in [0.25, 0.3) is 5.56 Å². The van der Waals surface area contributed by atoms with E-state index < -0.39 is 23.2 Å². The van der Waals surface area contributed by atoms with Crippen LogP contribution in [0.25, 0.3) is 5.69 Å². The normalized spacial score (nSPS) is 15.4. The summed E-state index contributed by atoms with van der Waals surface area (Å²) >= 11 is 0. The molecule has 2 aromatic carbocycles. The number of nitrogens with zero attached hydrogens (tertiary/aromatic N) is 1. The Morgan fingerprint density at radius 1 is 1.10 bits per heavy atom. The summed E-state index contributed by atoms with van der Waals surface area (Å²) in [6.07, 6.45) is 1.58. The van der Waals surface area contributed by atoms with E-state index in [1.165, 1.54) is 0 Å². The van der Waals surface area contributed by atoms with Crippen LogP contribution in [0.5, 0.6) is 17.4 Å². The van der Waals surface area contributed by atoms with Gasteiger partial charge in [-0.2, -0.15) is 0 Å². The lowest BCUT2D eigenvalue weighted by atomic mass is 9.90. The van der Waals surface area contributed by atoms with Gasteiger partial charge >= 0.3 is 5.69 Å². The van der Waals surface area contributed by atoms with Crippen molar-refractivity contribution in [1.82, 2.24) is 14.9 Å². The molecular formula is C23H25N3O5. The summed E-state index contributed by atoms with van der Waals surface area (Å²) in [5.41, 5.74) is 2.09. The van der Waals surface area contributed by atoms with Gasteiger partial charge in [0.1, 0.15) is 0 Å². The molecule has 3 N–H and O–H groups in total. The smallest absolute Gasteiger partial charge is 0.335 e. The number of H-pyrrole nitrogens is 1. The van der Waals surface area contributed by atoms with Crippen LogP contribution in [0.4, 0.5) is 0 Å². The number of fused-ring (bicyclic) bond motifs is 1. The molecule has 4 rings (SSSR count). The van der Waals surface area contributed by atoms with Gasteiger partial charge in [-0.3, -0.25) is 9.78 Å². The highest BCUT2D eigenvalue weighted by atomic mass is 16.5. The fraction of sp³-hybridized carbons (Fsp3) is 0.304. The average molecular weight is 423 g/mol. The van der Waals surface area contributed by atoms with E-state index in [1.54, 1.807) is 32.4 Å². The highest BCUT2D eigenvalue weighted by Crippen LogP contribution is 2.38. The molecule has 0 spiro atoms. The number of aromatic nitrogens is 2. The standard InChI is InChI=1S/C23H25N3O5/c1-4-13-5-7-15(8-6-13)26-22(28)19(21(27)25-23(26)29)20-16-12-18(31-3)17(30-2)11-14(16)9-10-24-20/h5-8,11-12,20,24,28H,4,9-10H2,1-3H3,(H,25,27,29)/t20-/m0/s1. The Kier molecular flexibility index (Phi) is 5.56. The summed E-state index contributed by atoms with van der Waals surface area (Å²) in [7, 11) is 3.11. The molecule has 0 bridgehead atoms. The Bertz CT molecular complexity index is 1230. The molecule has 0 fully saturated rings. The number of ether oxygens (including phenoxy) is 2. The SMILES string of the molecule is CCc1ccc(-n2c(O)c([C@H]3NCCc4cc(OC)c(OC)cc43)c(=O)[nH]c2=O)cc1. The van der Waals surface area contributed by atoms with E-state index in [9.17, 15) is 14.7 Å². The third-order valence-electron chi connectivity index (χ3n) is 5.71. The van der Waals surface area contributed by atoms with Gasteiger partial charge in [-0.15, -0.1) is 0 Å². The minimum Gasteiger partial charge on any atom is -0.494 e. The maximum atomic E-state index is 12.8. The number of methoxy groups -OCH3 is 2. The van der Waals surface area contributed by atoms with Crippen molar-refractivity contribution in [3.8, 4) is 23.1 Å². The van der Waals surface area contributed by atoms with Crippen LogP contribution in [0.15, 0.2) is 46.0 Å². The zero-order valence-corrected chi connectivity index (χ0v) is 17.7. The molecule has 1 aromatic heterocycles. The van der Waals surface area contributed by atoms with Crippen LogP contribution in [0.3, 0.4) is 0 Å². The van der Waals surface area contributed by atoms with E-state index in [-0.39, 0.29) is 5.56 Å². The van der Waals surface area contributed by atoms with Crippen LogP contribution in [0, 0.1) is 0 Å². The summed E-state index contributed by atoms with van der Waals surface area (Å²) in [5.74, 6) is 0.730. The Balaban J connectivity index is 1.90. The van der Waals surface area contributed by atoms with Crippen molar-refractivity contribution in [2.75, 3.05) is 20.8 Å². The van der Waals surface area contributed by atoms with Gasteiger partial charge in [0.2, 0.25) is 5.88 Å². The number of benzene rings is 2. The molecule has 0 unspecified atom stereocenters. The van der Waals surface area contributed by atoms with E-state index in [1.807, 2.05) is 25.1 Å². The summed E-state index contributed by atoms with van der Waals surface area (Å²) in [4.78, 5) is 27.7. The minimum absolute atomic E-state index is 0.0762. The van der Waals surface area contributed by atoms with Crippen LogP contribution in [0.2, 0.25) is 0 Å². The van der Waals surface area contributed by atoms with Crippen LogP contribution in [-0.4, -0.2) is 35.4 Å². The predicted octanol–water partition coefficient (Wildman–Crippen LogP) is 2.05. The Hall–Kier alpha value is -3.52. The zero-order valence-electron chi connectivity index (χ0n) is 17.7. The zero-order chi connectivity index (χ0) is 22.1. The van der Waals surface area contributed by atoms with Gasteiger partial charge in [0.15, 0.2) is 11.5 Å². The average Bonchev–Trinajstić information content (AvgIpc) is 2.78. The third-order valence-corrected chi connectivity index (χ3v) is 5.71. The molecule has 0 amide bonds. The number of aromatic hydroxyl groups is 1. The van der Waals surface area contributed by atoms with E-state index in [2.05, 4.69) is 10.3 Å². The van der Waals surface area contributed by atoms with Crippen LogP contribution >= 0.6 is 0 Å². The molecule has 162 valence electrons. The second-order valence-electron chi connectivity index (χ2n) is 7.40. The molecule has 8 nitrogen and oxygen atoms in total. The number of hydrogen-bond donors (Lipinski definition) is 3. The van der Waals surface area contributed by atoms with Crippen molar-refractivity contribution in [2.24, 2.45) is 0 Å². The molecular weight excluding hydrogens is 398 g/mol. The van der Waals surface area contributed by atoms with E-state index >= 15 is 0 Å². The fourth-order valence-corrected chi connectivity index (χ4v) is 4.06. The topological polar surface area (TPSA) is 106 Å². The summed E-state index contributed by atoms with van der Waals surface area (Å²) in [5, 5.41) is 14.4. The van der Waals surface area contributed by atoms with Gasteiger partial charge in [0.05, 0.1) is 31.5 Å². The lowest BCUT2D eigenvalue weighted by Crippen LogP contribution is -2.38. The van der Waals surface area contributed by atoms with Gasteiger partial charge in [-0.25, -0.2) is 9.36 Å². The Morgan fingerprint density at radius 2 is 1.77 bits per heavy atom.